The quantitative estimate of drug-likeness (QED) is 0.447. The Bertz CT molecular complexity index is 150. The van der Waals surface area contributed by atoms with Crippen molar-refractivity contribution in [2.45, 2.75) is 0 Å². The lowest BCUT2D eigenvalue weighted by molar-refractivity contribution is -0.140. The van der Waals surface area contributed by atoms with E-state index in [4.69, 9.17) is 14.9 Å². The van der Waals surface area contributed by atoms with E-state index in [-0.39, 0.29) is 31.1 Å². The normalized spacial score (nSPS) is 10.6. The van der Waals surface area contributed by atoms with E-state index < -0.39 is 0 Å². The van der Waals surface area contributed by atoms with E-state index in [0.29, 0.717) is 19.6 Å². The van der Waals surface area contributed by atoms with Crippen molar-refractivity contribution in [3.63, 3.8) is 0 Å². The van der Waals surface area contributed by atoms with Gasteiger partial charge in [-0.1, -0.05) is 15.9 Å². The Kier molecular flexibility index (Phi) is 9.27. The van der Waals surface area contributed by atoms with Gasteiger partial charge in [-0.15, -0.1) is 0 Å². The van der Waals surface area contributed by atoms with Gasteiger partial charge in [-0.25, -0.2) is 0 Å². The molecule has 0 bridgehead atoms. The number of carbonyl (C=O) groups is 1. The van der Waals surface area contributed by atoms with E-state index in [1.807, 2.05) is 4.90 Å². The van der Waals surface area contributed by atoms with Gasteiger partial charge in [-0.05, 0) is 0 Å². The second kappa shape index (κ2) is 9.39. The number of rotatable bonds is 8. The van der Waals surface area contributed by atoms with Gasteiger partial charge < -0.3 is 14.9 Å². The first-order valence-electron chi connectivity index (χ1n) is 4.40. The molecular formula is C8H16BrNO4. The summed E-state index contributed by atoms with van der Waals surface area (Å²) in [5.41, 5.74) is 0. The average molecular weight is 270 g/mol. The lowest BCUT2D eigenvalue weighted by atomic mass is 10.4. The molecule has 0 fully saturated rings. The molecule has 0 aliphatic carbocycles. The van der Waals surface area contributed by atoms with Crippen molar-refractivity contribution in [1.29, 1.82) is 0 Å². The Balaban J connectivity index is 3.54. The van der Waals surface area contributed by atoms with Crippen molar-refractivity contribution in [2.75, 3.05) is 44.8 Å². The largest absolute Gasteiger partial charge is 0.464 e. The van der Waals surface area contributed by atoms with Gasteiger partial charge in [-0.2, -0.15) is 0 Å². The maximum Gasteiger partial charge on any atom is 0.316 e. The molecule has 0 aromatic rings. The predicted octanol–water partition coefficient (Wildman–Crippen LogP) is -0.789. The zero-order valence-electron chi connectivity index (χ0n) is 7.99. The molecule has 0 radical (unpaired) electrons. The summed E-state index contributed by atoms with van der Waals surface area (Å²) in [6, 6.07) is 0. The van der Waals surface area contributed by atoms with Gasteiger partial charge in [-0.3, -0.25) is 9.69 Å². The van der Waals surface area contributed by atoms with Crippen LogP contribution in [0.1, 0.15) is 0 Å². The van der Waals surface area contributed by atoms with E-state index in [9.17, 15) is 4.79 Å². The third kappa shape index (κ3) is 7.25. The highest BCUT2D eigenvalue weighted by Gasteiger charge is 2.05. The smallest absolute Gasteiger partial charge is 0.316 e. The molecule has 0 heterocycles. The maximum absolute atomic E-state index is 10.7. The predicted molar refractivity (Wildman–Crippen MR) is 55.4 cm³/mol. The van der Waals surface area contributed by atoms with Gasteiger partial charge in [0, 0.05) is 19.6 Å². The van der Waals surface area contributed by atoms with Gasteiger partial charge >= 0.3 is 5.97 Å². The molecule has 5 nitrogen and oxygen atoms in total. The van der Waals surface area contributed by atoms with E-state index in [0.717, 1.165) is 0 Å². The zero-order valence-corrected chi connectivity index (χ0v) is 9.57. The first-order valence-corrected chi connectivity index (χ1v) is 5.52. The fourth-order valence-corrected chi connectivity index (χ4v) is 1.11. The second-order valence-electron chi connectivity index (χ2n) is 2.64. The van der Waals surface area contributed by atoms with Crippen LogP contribution in [-0.4, -0.2) is 65.9 Å². The Labute approximate surface area is 91.8 Å². The monoisotopic (exact) mass is 269 g/mol. The number of halogens is 1. The summed E-state index contributed by atoms with van der Waals surface area (Å²) < 4.78 is 4.82. The number of esters is 1. The first kappa shape index (κ1) is 13.8. The topological polar surface area (TPSA) is 70.0 Å². The third-order valence-electron chi connectivity index (χ3n) is 1.61. The van der Waals surface area contributed by atoms with Crippen LogP contribution in [0.25, 0.3) is 0 Å². The molecule has 6 heteroatoms. The number of carbonyl (C=O) groups excluding carboxylic acids is 1. The average Bonchev–Trinajstić information content (AvgIpc) is 2.18. The summed E-state index contributed by atoms with van der Waals surface area (Å²) >= 11 is 2.98. The van der Waals surface area contributed by atoms with Gasteiger partial charge in [0.1, 0.15) is 11.9 Å². The molecular weight excluding hydrogens is 254 g/mol. The SMILES string of the molecule is O=C(CBr)OCCN(CCO)CCO. The number of aliphatic hydroxyl groups is 2. The maximum atomic E-state index is 10.7. The standard InChI is InChI=1S/C8H16BrNO4/c9-7-8(13)14-6-3-10(1-4-11)2-5-12/h11-12H,1-7H2. The molecule has 2 N–H and O–H groups in total. The van der Waals surface area contributed by atoms with Crippen LogP contribution in [0.2, 0.25) is 0 Å². The zero-order chi connectivity index (χ0) is 10.8. The van der Waals surface area contributed by atoms with Crippen LogP contribution in [0.4, 0.5) is 0 Å². The molecule has 84 valence electrons. The van der Waals surface area contributed by atoms with E-state index in [2.05, 4.69) is 15.9 Å². The number of hydrogen-bond donors (Lipinski definition) is 2. The van der Waals surface area contributed by atoms with Gasteiger partial charge in [0.05, 0.1) is 13.2 Å². The Morgan fingerprint density at radius 2 is 1.79 bits per heavy atom. The molecule has 0 aliphatic heterocycles. The minimum Gasteiger partial charge on any atom is -0.464 e. The second-order valence-corrected chi connectivity index (χ2v) is 3.20. The van der Waals surface area contributed by atoms with E-state index in [1.165, 1.54) is 0 Å². The molecule has 0 atom stereocenters. The molecule has 0 aromatic heterocycles. The molecule has 0 saturated carbocycles. The summed E-state index contributed by atoms with van der Waals surface area (Å²) in [5.74, 6) is -0.307. The third-order valence-corrected chi connectivity index (χ3v) is 2.07. The molecule has 0 spiro atoms. The molecule has 0 rings (SSSR count). The van der Waals surface area contributed by atoms with Gasteiger partial charge in [0.25, 0.3) is 0 Å². The van der Waals surface area contributed by atoms with Gasteiger partial charge in [0.15, 0.2) is 0 Å². The van der Waals surface area contributed by atoms with Crippen molar-refractivity contribution in [3.05, 3.63) is 0 Å². The van der Waals surface area contributed by atoms with E-state index >= 15 is 0 Å². The van der Waals surface area contributed by atoms with Crippen LogP contribution in [0.5, 0.6) is 0 Å². The van der Waals surface area contributed by atoms with Crippen LogP contribution in [0, 0.1) is 0 Å². The fourth-order valence-electron chi connectivity index (χ4n) is 0.945. The summed E-state index contributed by atoms with van der Waals surface area (Å²) in [6.07, 6.45) is 0. The van der Waals surface area contributed by atoms with Gasteiger partial charge in [0.2, 0.25) is 0 Å². The summed E-state index contributed by atoms with van der Waals surface area (Å²) in [6.45, 7) is 1.84. The Morgan fingerprint density at radius 3 is 2.21 bits per heavy atom. The lowest BCUT2D eigenvalue weighted by Crippen LogP contribution is -2.33. The highest BCUT2D eigenvalue weighted by Crippen LogP contribution is 1.90. The van der Waals surface area contributed by atoms with Crippen LogP contribution < -0.4 is 0 Å². The van der Waals surface area contributed by atoms with E-state index in [1.54, 1.807) is 0 Å². The summed E-state index contributed by atoms with van der Waals surface area (Å²) in [4.78, 5) is 12.5. The minimum atomic E-state index is -0.307. The fraction of sp³-hybridized carbons (Fsp3) is 0.875. The van der Waals surface area contributed by atoms with Crippen molar-refractivity contribution in [3.8, 4) is 0 Å². The molecule has 0 saturated heterocycles. The van der Waals surface area contributed by atoms with Crippen molar-refractivity contribution < 1.29 is 19.7 Å². The Morgan fingerprint density at radius 1 is 1.21 bits per heavy atom. The van der Waals surface area contributed by atoms with Crippen LogP contribution in [-0.2, 0) is 9.53 Å². The molecule has 0 amide bonds. The van der Waals surface area contributed by atoms with Crippen LogP contribution in [0.15, 0.2) is 0 Å². The number of ether oxygens (including phenoxy) is 1. The Hall–Kier alpha value is -0.170. The molecule has 14 heavy (non-hydrogen) atoms. The van der Waals surface area contributed by atoms with Crippen molar-refractivity contribution >= 4 is 21.9 Å². The number of nitrogens with zero attached hydrogens (tertiary/aromatic N) is 1. The molecule has 0 unspecified atom stereocenters. The van der Waals surface area contributed by atoms with Crippen LogP contribution in [0.3, 0.4) is 0 Å². The number of hydrogen-bond acceptors (Lipinski definition) is 5. The number of aliphatic hydroxyl groups excluding tert-OH is 2. The summed E-state index contributed by atoms with van der Waals surface area (Å²) in [5, 5.41) is 17.5. The summed E-state index contributed by atoms with van der Waals surface area (Å²) in [7, 11) is 0. The minimum absolute atomic E-state index is 0.0341. The highest BCUT2D eigenvalue weighted by atomic mass is 79.9. The number of alkyl halides is 1. The highest BCUT2D eigenvalue weighted by molar-refractivity contribution is 9.09. The lowest BCUT2D eigenvalue weighted by Gasteiger charge is -2.19. The van der Waals surface area contributed by atoms with Crippen molar-refractivity contribution in [2.24, 2.45) is 0 Å². The van der Waals surface area contributed by atoms with Crippen molar-refractivity contribution in [1.82, 2.24) is 4.90 Å². The first-order chi connectivity index (χ1) is 6.74. The molecule has 0 aliphatic rings. The van der Waals surface area contributed by atoms with Crippen LogP contribution >= 0.6 is 15.9 Å². The molecule has 0 aromatic carbocycles.